The summed E-state index contributed by atoms with van der Waals surface area (Å²) >= 11 is 0. The van der Waals surface area contributed by atoms with E-state index in [1.165, 1.54) is 6.07 Å². The van der Waals surface area contributed by atoms with E-state index < -0.39 is 23.8 Å². The topological polar surface area (TPSA) is 98.8 Å². The van der Waals surface area contributed by atoms with Crippen LogP contribution in [0.15, 0.2) is 30.3 Å². The summed E-state index contributed by atoms with van der Waals surface area (Å²) in [5, 5.41) is 3.40. The molecular weight excluding hydrogens is 302 g/mol. The van der Waals surface area contributed by atoms with Gasteiger partial charge in [0.15, 0.2) is 0 Å². The van der Waals surface area contributed by atoms with Crippen molar-refractivity contribution in [2.75, 3.05) is 11.9 Å². The average Bonchev–Trinajstić information content (AvgIpc) is 2.52. The van der Waals surface area contributed by atoms with Gasteiger partial charge >= 0.3 is 23.8 Å². The van der Waals surface area contributed by atoms with Crippen molar-refractivity contribution in [3.05, 3.63) is 41.5 Å². The summed E-state index contributed by atoms with van der Waals surface area (Å²) in [5.41, 5.74) is 0.659. The summed E-state index contributed by atoms with van der Waals surface area (Å²) < 4.78 is 9.26. The normalized spacial score (nSPS) is 12.7. The first kappa shape index (κ1) is 14.7. The number of amides is 1. The van der Waals surface area contributed by atoms with Crippen molar-refractivity contribution in [3.63, 3.8) is 0 Å². The van der Waals surface area contributed by atoms with Crippen LogP contribution in [0.3, 0.4) is 0 Å². The molecule has 1 heterocycles. The molecule has 2 aromatic carbocycles. The molecule has 1 N–H and O–H groups in total. The first-order valence-electron chi connectivity index (χ1n) is 6.82. The SMILES string of the molecule is CCOC(=O)C(=O)Nc1cc2c3c(cccc3c1)C(=O)OC2=O. The molecule has 1 aliphatic heterocycles. The highest BCUT2D eigenvalue weighted by Gasteiger charge is 2.28. The first-order chi connectivity index (χ1) is 11.0. The third kappa shape index (κ3) is 2.52. The molecular formula is C16H11NO6. The number of rotatable bonds is 2. The van der Waals surface area contributed by atoms with Gasteiger partial charge in [0.05, 0.1) is 17.7 Å². The van der Waals surface area contributed by atoms with Crippen LogP contribution in [0.5, 0.6) is 0 Å². The van der Waals surface area contributed by atoms with Crippen LogP contribution in [-0.4, -0.2) is 30.4 Å². The van der Waals surface area contributed by atoms with Gasteiger partial charge in [-0.15, -0.1) is 0 Å². The molecule has 0 bridgehead atoms. The van der Waals surface area contributed by atoms with E-state index in [1.54, 1.807) is 31.2 Å². The Kier molecular flexibility index (Phi) is 3.53. The Hall–Kier alpha value is -3.22. The molecule has 0 aromatic heterocycles. The molecule has 2 aromatic rings. The van der Waals surface area contributed by atoms with Gasteiger partial charge in [-0.2, -0.15) is 0 Å². The average molecular weight is 313 g/mol. The number of hydrogen-bond donors (Lipinski definition) is 1. The molecule has 23 heavy (non-hydrogen) atoms. The van der Waals surface area contributed by atoms with Gasteiger partial charge in [-0.25, -0.2) is 14.4 Å². The van der Waals surface area contributed by atoms with Crippen LogP contribution in [0.25, 0.3) is 10.8 Å². The zero-order valence-corrected chi connectivity index (χ0v) is 12.0. The molecule has 1 amide bonds. The number of carbonyl (C=O) groups excluding carboxylic acids is 4. The standard InChI is InChI=1S/C16H11NO6/c1-2-22-16(21)13(18)17-9-6-8-4-3-5-10-12(8)11(7-9)15(20)23-14(10)19/h3-7H,2H2,1H3,(H,17,18). The van der Waals surface area contributed by atoms with Crippen molar-refractivity contribution in [2.24, 2.45) is 0 Å². The second-order valence-electron chi connectivity index (χ2n) is 4.78. The van der Waals surface area contributed by atoms with Crippen molar-refractivity contribution >= 4 is 40.3 Å². The Morgan fingerprint density at radius 3 is 2.61 bits per heavy atom. The third-order valence-corrected chi connectivity index (χ3v) is 3.32. The molecule has 0 radical (unpaired) electrons. The monoisotopic (exact) mass is 313 g/mol. The van der Waals surface area contributed by atoms with Crippen LogP contribution in [0.1, 0.15) is 27.6 Å². The van der Waals surface area contributed by atoms with Gasteiger partial charge in [0.1, 0.15) is 0 Å². The number of cyclic esters (lactones) is 2. The van der Waals surface area contributed by atoms with Crippen LogP contribution in [0.2, 0.25) is 0 Å². The summed E-state index contributed by atoms with van der Waals surface area (Å²) in [7, 11) is 0. The molecule has 7 nitrogen and oxygen atoms in total. The fraction of sp³-hybridized carbons (Fsp3) is 0.125. The Labute approximate surface area is 130 Å². The number of nitrogens with one attached hydrogen (secondary N) is 1. The van der Waals surface area contributed by atoms with Gasteiger partial charge in [0.2, 0.25) is 0 Å². The second kappa shape index (κ2) is 5.53. The molecule has 0 aliphatic carbocycles. The van der Waals surface area contributed by atoms with Crippen LogP contribution in [0.4, 0.5) is 5.69 Å². The van der Waals surface area contributed by atoms with Gasteiger partial charge in [-0.3, -0.25) is 4.79 Å². The predicted octanol–water partition coefficient (Wildman–Crippen LogP) is 1.65. The van der Waals surface area contributed by atoms with E-state index in [1.807, 2.05) is 0 Å². The maximum absolute atomic E-state index is 11.9. The van der Waals surface area contributed by atoms with Gasteiger partial charge < -0.3 is 14.8 Å². The lowest BCUT2D eigenvalue weighted by molar-refractivity contribution is -0.152. The van der Waals surface area contributed by atoms with Crippen molar-refractivity contribution in [1.82, 2.24) is 0 Å². The van der Waals surface area contributed by atoms with Gasteiger partial charge in [0, 0.05) is 11.1 Å². The first-order valence-corrected chi connectivity index (χ1v) is 6.82. The smallest absolute Gasteiger partial charge is 0.397 e. The number of carbonyl (C=O) groups is 4. The van der Waals surface area contributed by atoms with Gasteiger partial charge in [-0.1, -0.05) is 12.1 Å². The minimum Gasteiger partial charge on any atom is -0.459 e. The van der Waals surface area contributed by atoms with Crippen LogP contribution in [-0.2, 0) is 19.1 Å². The van der Waals surface area contributed by atoms with E-state index >= 15 is 0 Å². The maximum Gasteiger partial charge on any atom is 0.397 e. The quantitative estimate of drug-likeness (QED) is 0.514. The van der Waals surface area contributed by atoms with Gasteiger partial charge in [-0.05, 0) is 30.5 Å². The van der Waals surface area contributed by atoms with Crippen LogP contribution < -0.4 is 5.32 Å². The second-order valence-corrected chi connectivity index (χ2v) is 4.78. The number of hydrogen-bond acceptors (Lipinski definition) is 6. The third-order valence-electron chi connectivity index (χ3n) is 3.32. The number of esters is 3. The van der Waals surface area contributed by atoms with E-state index in [9.17, 15) is 19.2 Å². The van der Waals surface area contributed by atoms with Crippen LogP contribution in [0, 0.1) is 0 Å². The van der Waals surface area contributed by atoms with Gasteiger partial charge in [0.25, 0.3) is 0 Å². The molecule has 0 atom stereocenters. The van der Waals surface area contributed by atoms with Crippen molar-refractivity contribution < 1.29 is 28.7 Å². The molecule has 7 heteroatoms. The fourth-order valence-electron chi connectivity index (χ4n) is 2.40. The number of benzene rings is 2. The van der Waals surface area contributed by atoms with Crippen LogP contribution >= 0.6 is 0 Å². The predicted molar refractivity (Wildman–Crippen MR) is 79.0 cm³/mol. The lowest BCUT2D eigenvalue weighted by Gasteiger charge is -2.16. The zero-order chi connectivity index (χ0) is 16.6. The molecule has 0 spiro atoms. The lowest BCUT2D eigenvalue weighted by Crippen LogP contribution is -2.25. The molecule has 0 saturated carbocycles. The number of anilines is 1. The van der Waals surface area contributed by atoms with E-state index in [4.69, 9.17) is 0 Å². The Morgan fingerprint density at radius 1 is 1.13 bits per heavy atom. The molecule has 0 fully saturated rings. The highest BCUT2D eigenvalue weighted by atomic mass is 16.6. The Balaban J connectivity index is 2.06. The molecule has 0 saturated heterocycles. The lowest BCUT2D eigenvalue weighted by atomic mass is 9.96. The minimum absolute atomic E-state index is 0.0764. The maximum atomic E-state index is 11.9. The Morgan fingerprint density at radius 2 is 1.87 bits per heavy atom. The molecule has 1 aliphatic rings. The highest BCUT2D eigenvalue weighted by Crippen LogP contribution is 2.31. The Bertz CT molecular complexity index is 870. The molecule has 3 rings (SSSR count). The summed E-state index contributed by atoms with van der Waals surface area (Å²) in [4.78, 5) is 46.7. The summed E-state index contributed by atoms with van der Waals surface area (Å²) in [6, 6.07) is 7.80. The summed E-state index contributed by atoms with van der Waals surface area (Å²) in [6.45, 7) is 1.66. The summed E-state index contributed by atoms with van der Waals surface area (Å²) in [5.74, 6) is -3.48. The zero-order valence-electron chi connectivity index (χ0n) is 12.0. The fourth-order valence-corrected chi connectivity index (χ4v) is 2.40. The molecule has 0 unspecified atom stereocenters. The molecule has 116 valence electrons. The van der Waals surface area contributed by atoms with Crippen molar-refractivity contribution in [2.45, 2.75) is 6.92 Å². The van der Waals surface area contributed by atoms with E-state index in [-0.39, 0.29) is 23.4 Å². The minimum atomic E-state index is -1.02. The van der Waals surface area contributed by atoms with Crippen molar-refractivity contribution in [3.8, 4) is 0 Å². The largest absolute Gasteiger partial charge is 0.459 e. The van der Waals surface area contributed by atoms with E-state index in [0.29, 0.717) is 10.8 Å². The highest BCUT2D eigenvalue weighted by molar-refractivity contribution is 6.37. The van der Waals surface area contributed by atoms with E-state index in [2.05, 4.69) is 14.8 Å². The number of ether oxygens (including phenoxy) is 2. The summed E-state index contributed by atoms with van der Waals surface area (Å²) in [6.07, 6.45) is 0. The van der Waals surface area contributed by atoms with Crippen molar-refractivity contribution in [1.29, 1.82) is 0 Å². The van der Waals surface area contributed by atoms with E-state index in [0.717, 1.165) is 0 Å².